The molecule has 0 unspecified atom stereocenters. The fourth-order valence-corrected chi connectivity index (χ4v) is 2.61. The first-order valence-corrected chi connectivity index (χ1v) is 7.39. The van der Waals surface area contributed by atoms with Crippen molar-refractivity contribution < 1.29 is 0 Å². The average molecular weight is 283 g/mol. The van der Waals surface area contributed by atoms with E-state index < -0.39 is 0 Å². The summed E-state index contributed by atoms with van der Waals surface area (Å²) in [5.74, 6) is 0. The summed E-state index contributed by atoms with van der Waals surface area (Å²) in [4.78, 5) is 4.54. The topological polar surface area (TPSA) is 47.7 Å². The zero-order valence-electron chi connectivity index (χ0n) is 12.6. The Kier molecular flexibility index (Phi) is 4.01. The highest BCUT2D eigenvalue weighted by Gasteiger charge is 2.09. The molecule has 1 N–H and O–H groups in total. The minimum Gasteiger partial charge on any atom is -0.328 e. The summed E-state index contributed by atoms with van der Waals surface area (Å²) in [6.45, 7) is 4.90. The maximum absolute atomic E-state index is 4.54. The lowest BCUT2D eigenvalue weighted by Gasteiger charge is -2.01. The predicted octanol–water partition coefficient (Wildman–Crippen LogP) is 2.32. The number of hydrogen-bond acceptors (Lipinski definition) is 3. The third-order valence-electron chi connectivity index (χ3n) is 3.57. The smallest absolute Gasteiger partial charge is 0.140 e. The molecule has 3 rings (SSSR count). The van der Waals surface area contributed by atoms with Gasteiger partial charge in [0.25, 0.3) is 0 Å². The maximum atomic E-state index is 4.54. The summed E-state index contributed by atoms with van der Waals surface area (Å²) in [6.07, 6.45) is 9.15. The van der Waals surface area contributed by atoms with Gasteiger partial charge < -0.3 is 9.88 Å². The van der Waals surface area contributed by atoms with Crippen molar-refractivity contribution in [2.75, 3.05) is 6.54 Å². The van der Waals surface area contributed by atoms with Crippen LogP contribution >= 0.6 is 0 Å². The molecule has 3 heterocycles. The number of fused-ring (bicyclic) bond motifs is 1. The molecule has 0 aromatic carbocycles. The van der Waals surface area contributed by atoms with Crippen molar-refractivity contribution in [1.29, 1.82) is 0 Å². The fraction of sp³-hybridized carbons (Fsp3) is 0.375. The van der Waals surface area contributed by atoms with Crippen molar-refractivity contribution in [2.45, 2.75) is 26.4 Å². The van der Waals surface area contributed by atoms with Crippen LogP contribution in [0.5, 0.6) is 0 Å². The first-order chi connectivity index (χ1) is 10.3. The third kappa shape index (κ3) is 2.97. The monoisotopic (exact) mass is 283 g/mol. The van der Waals surface area contributed by atoms with Crippen molar-refractivity contribution in [2.24, 2.45) is 7.05 Å². The standard InChI is InChI=1S/C16H21N5/c1-3-6-17-9-14-12-21(11-13-8-19-20(2)10-13)16-15(14)5-4-7-18-16/h4-5,7-8,10,12,17H,3,6,9,11H2,1-2H3. The van der Waals surface area contributed by atoms with E-state index in [2.05, 4.69) is 39.2 Å². The molecule has 5 heteroatoms. The first kappa shape index (κ1) is 13.8. The number of aromatic nitrogens is 4. The molecule has 110 valence electrons. The molecule has 0 aliphatic rings. The summed E-state index contributed by atoms with van der Waals surface area (Å²) >= 11 is 0. The van der Waals surface area contributed by atoms with E-state index in [1.807, 2.05) is 36.4 Å². The molecule has 0 saturated heterocycles. The van der Waals surface area contributed by atoms with Crippen LogP contribution < -0.4 is 5.32 Å². The zero-order valence-corrected chi connectivity index (χ0v) is 12.6. The molecule has 0 aliphatic heterocycles. The zero-order chi connectivity index (χ0) is 14.7. The molecule has 0 radical (unpaired) electrons. The van der Waals surface area contributed by atoms with Crippen LogP contribution in [0.1, 0.15) is 24.5 Å². The molecule has 21 heavy (non-hydrogen) atoms. The predicted molar refractivity (Wildman–Crippen MR) is 84.0 cm³/mol. The van der Waals surface area contributed by atoms with E-state index >= 15 is 0 Å². The van der Waals surface area contributed by atoms with Crippen molar-refractivity contribution in [3.8, 4) is 0 Å². The van der Waals surface area contributed by atoms with Gasteiger partial charge >= 0.3 is 0 Å². The minimum absolute atomic E-state index is 0.801. The van der Waals surface area contributed by atoms with Gasteiger partial charge in [-0.2, -0.15) is 5.10 Å². The van der Waals surface area contributed by atoms with Gasteiger partial charge in [0.15, 0.2) is 0 Å². The van der Waals surface area contributed by atoms with E-state index in [1.54, 1.807) is 0 Å². The van der Waals surface area contributed by atoms with E-state index in [9.17, 15) is 0 Å². The van der Waals surface area contributed by atoms with E-state index in [4.69, 9.17) is 0 Å². The van der Waals surface area contributed by atoms with Gasteiger partial charge in [-0.1, -0.05) is 6.92 Å². The summed E-state index contributed by atoms with van der Waals surface area (Å²) in [7, 11) is 1.94. The Labute approximate surface area is 124 Å². The fourth-order valence-electron chi connectivity index (χ4n) is 2.61. The second kappa shape index (κ2) is 6.10. The lowest BCUT2D eigenvalue weighted by molar-refractivity contribution is 0.675. The first-order valence-electron chi connectivity index (χ1n) is 7.39. The molecule has 0 spiro atoms. The Morgan fingerprint density at radius 3 is 2.95 bits per heavy atom. The number of rotatable bonds is 6. The number of pyridine rings is 1. The van der Waals surface area contributed by atoms with Crippen molar-refractivity contribution in [1.82, 2.24) is 24.6 Å². The van der Waals surface area contributed by atoms with Gasteiger partial charge in [-0.05, 0) is 30.7 Å². The molecule has 3 aromatic rings. The minimum atomic E-state index is 0.801. The highest BCUT2D eigenvalue weighted by Crippen LogP contribution is 2.20. The number of hydrogen-bond donors (Lipinski definition) is 1. The summed E-state index contributed by atoms with van der Waals surface area (Å²) in [5.41, 5.74) is 3.53. The number of nitrogens with one attached hydrogen (secondary N) is 1. The van der Waals surface area contributed by atoms with Crippen molar-refractivity contribution >= 4 is 11.0 Å². The highest BCUT2D eigenvalue weighted by molar-refractivity contribution is 5.80. The van der Waals surface area contributed by atoms with Crippen LogP contribution in [0.4, 0.5) is 0 Å². The van der Waals surface area contributed by atoms with E-state index in [-0.39, 0.29) is 0 Å². The van der Waals surface area contributed by atoms with E-state index in [0.717, 1.165) is 31.7 Å². The Morgan fingerprint density at radius 2 is 2.19 bits per heavy atom. The van der Waals surface area contributed by atoms with Gasteiger partial charge in [-0.3, -0.25) is 4.68 Å². The van der Waals surface area contributed by atoms with Crippen LogP contribution in [0.15, 0.2) is 36.9 Å². The molecule has 0 aliphatic carbocycles. The normalized spacial score (nSPS) is 11.3. The Hall–Kier alpha value is -2.14. The largest absolute Gasteiger partial charge is 0.328 e. The van der Waals surface area contributed by atoms with Crippen molar-refractivity contribution in [3.63, 3.8) is 0 Å². The Balaban J connectivity index is 1.90. The molecule has 0 atom stereocenters. The Bertz CT molecular complexity index is 725. The van der Waals surface area contributed by atoms with Crippen molar-refractivity contribution in [3.05, 3.63) is 48.0 Å². The van der Waals surface area contributed by atoms with E-state index in [0.29, 0.717) is 0 Å². The van der Waals surface area contributed by atoms with Crippen LogP contribution in [0.2, 0.25) is 0 Å². The van der Waals surface area contributed by atoms with Crippen LogP contribution in [0.25, 0.3) is 11.0 Å². The molecule has 5 nitrogen and oxygen atoms in total. The molecular formula is C16H21N5. The van der Waals surface area contributed by atoms with Crippen LogP contribution in [-0.2, 0) is 20.1 Å². The lowest BCUT2D eigenvalue weighted by atomic mass is 10.2. The molecule has 0 amide bonds. The summed E-state index contributed by atoms with van der Waals surface area (Å²) < 4.78 is 4.04. The van der Waals surface area contributed by atoms with Crippen LogP contribution in [0.3, 0.4) is 0 Å². The second-order valence-electron chi connectivity index (χ2n) is 5.36. The summed E-state index contributed by atoms with van der Waals surface area (Å²) in [5, 5.41) is 8.92. The molecule has 0 fully saturated rings. The SMILES string of the molecule is CCCNCc1cn(Cc2cnn(C)c2)c2ncccc12. The van der Waals surface area contributed by atoms with Gasteiger partial charge in [0.05, 0.1) is 12.7 Å². The molecule has 0 saturated carbocycles. The average Bonchev–Trinajstić information content (AvgIpc) is 3.05. The molecular weight excluding hydrogens is 262 g/mol. The van der Waals surface area contributed by atoms with Crippen LogP contribution in [-0.4, -0.2) is 25.9 Å². The highest BCUT2D eigenvalue weighted by atomic mass is 15.2. The van der Waals surface area contributed by atoms with Gasteiger partial charge in [0.2, 0.25) is 0 Å². The quantitative estimate of drug-likeness (QED) is 0.706. The lowest BCUT2D eigenvalue weighted by Crippen LogP contribution is -2.13. The van der Waals surface area contributed by atoms with Gasteiger partial charge in [0.1, 0.15) is 5.65 Å². The molecule has 3 aromatic heterocycles. The summed E-state index contributed by atoms with van der Waals surface area (Å²) in [6, 6.07) is 4.14. The van der Waals surface area contributed by atoms with Gasteiger partial charge in [-0.25, -0.2) is 4.98 Å². The number of aryl methyl sites for hydroxylation is 1. The van der Waals surface area contributed by atoms with E-state index in [1.165, 1.54) is 16.5 Å². The molecule has 0 bridgehead atoms. The van der Waals surface area contributed by atoms with Gasteiger partial charge in [-0.15, -0.1) is 0 Å². The number of nitrogens with zero attached hydrogens (tertiary/aromatic N) is 4. The maximum Gasteiger partial charge on any atom is 0.140 e. The Morgan fingerprint density at radius 1 is 1.29 bits per heavy atom. The van der Waals surface area contributed by atoms with Crippen LogP contribution in [0, 0.1) is 0 Å². The van der Waals surface area contributed by atoms with Gasteiger partial charge in [0, 0.05) is 43.1 Å². The second-order valence-corrected chi connectivity index (χ2v) is 5.36. The third-order valence-corrected chi connectivity index (χ3v) is 3.57.